The highest BCUT2D eigenvalue weighted by Gasteiger charge is 2.11. The van der Waals surface area contributed by atoms with Crippen LogP contribution >= 0.6 is 15.9 Å². The standard InChI is InChI=1S/C10H6BrFN2O2/c11-6-1-2-8(7(12)3-6)14-10(15)9-4-13-5-16-9/h1-5H,(H,14,15). The fourth-order valence-corrected chi connectivity index (χ4v) is 1.44. The van der Waals surface area contributed by atoms with E-state index in [1.165, 1.54) is 18.3 Å². The minimum Gasteiger partial charge on any atom is -0.438 e. The van der Waals surface area contributed by atoms with Crippen LogP contribution in [0.25, 0.3) is 0 Å². The highest BCUT2D eigenvalue weighted by atomic mass is 79.9. The lowest BCUT2D eigenvalue weighted by Gasteiger charge is -2.04. The Balaban J connectivity index is 2.18. The van der Waals surface area contributed by atoms with E-state index < -0.39 is 11.7 Å². The Kier molecular flexibility index (Phi) is 3.00. The maximum atomic E-state index is 13.4. The Morgan fingerprint density at radius 2 is 2.31 bits per heavy atom. The average molecular weight is 285 g/mol. The van der Waals surface area contributed by atoms with Crippen molar-refractivity contribution in [2.75, 3.05) is 5.32 Å². The number of nitrogens with one attached hydrogen (secondary N) is 1. The smallest absolute Gasteiger partial charge is 0.293 e. The van der Waals surface area contributed by atoms with Gasteiger partial charge in [0.25, 0.3) is 5.91 Å². The van der Waals surface area contributed by atoms with Gasteiger partial charge >= 0.3 is 0 Å². The molecule has 82 valence electrons. The molecule has 1 aromatic heterocycles. The van der Waals surface area contributed by atoms with Crippen LogP contribution in [0.3, 0.4) is 0 Å². The predicted molar refractivity (Wildman–Crippen MR) is 58.6 cm³/mol. The number of rotatable bonds is 2. The number of halogens is 2. The zero-order valence-corrected chi connectivity index (χ0v) is 9.49. The molecule has 0 spiro atoms. The summed E-state index contributed by atoms with van der Waals surface area (Å²) in [5, 5.41) is 2.37. The molecule has 2 aromatic rings. The van der Waals surface area contributed by atoms with Crippen LogP contribution in [0.15, 0.2) is 39.7 Å². The number of anilines is 1. The molecular weight excluding hydrogens is 279 g/mol. The zero-order chi connectivity index (χ0) is 11.5. The second-order valence-electron chi connectivity index (χ2n) is 2.94. The molecule has 0 radical (unpaired) electrons. The topological polar surface area (TPSA) is 55.1 Å². The van der Waals surface area contributed by atoms with Gasteiger partial charge in [0, 0.05) is 4.47 Å². The van der Waals surface area contributed by atoms with Crippen molar-refractivity contribution >= 4 is 27.5 Å². The quantitative estimate of drug-likeness (QED) is 0.923. The Bertz CT molecular complexity index is 514. The Hall–Kier alpha value is -1.69. The molecule has 1 amide bonds. The van der Waals surface area contributed by atoms with E-state index in [0.717, 1.165) is 6.39 Å². The maximum Gasteiger partial charge on any atom is 0.293 e. The van der Waals surface area contributed by atoms with Crippen LogP contribution in [0.1, 0.15) is 10.6 Å². The van der Waals surface area contributed by atoms with Gasteiger partial charge in [0.2, 0.25) is 5.76 Å². The number of hydrogen-bond donors (Lipinski definition) is 1. The first kappa shape index (κ1) is 10.8. The molecule has 0 saturated carbocycles. The molecule has 2 rings (SSSR count). The zero-order valence-electron chi connectivity index (χ0n) is 7.91. The van der Waals surface area contributed by atoms with Gasteiger partial charge in [0.15, 0.2) is 6.39 Å². The van der Waals surface area contributed by atoms with Gasteiger partial charge in [-0.15, -0.1) is 0 Å². The highest BCUT2D eigenvalue weighted by molar-refractivity contribution is 9.10. The predicted octanol–water partition coefficient (Wildman–Crippen LogP) is 2.83. The van der Waals surface area contributed by atoms with Gasteiger partial charge in [0.1, 0.15) is 5.82 Å². The molecule has 4 nitrogen and oxygen atoms in total. The number of hydrogen-bond acceptors (Lipinski definition) is 3. The van der Waals surface area contributed by atoms with E-state index in [1.807, 2.05) is 0 Å². The largest absolute Gasteiger partial charge is 0.438 e. The van der Waals surface area contributed by atoms with Gasteiger partial charge in [0.05, 0.1) is 11.9 Å². The van der Waals surface area contributed by atoms with E-state index in [1.54, 1.807) is 6.07 Å². The van der Waals surface area contributed by atoms with Crippen LogP contribution in [-0.4, -0.2) is 10.9 Å². The minimum atomic E-state index is -0.543. The van der Waals surface area contributed by atoms with Gasteiger partial charge in [-0.25, -0.2) is 9.37 Å². The molecule has 0 atom stereocenters. The molecule has 0 fully saturated rings. The van der Waals surface area contributed by atoms with Crippen molar-refractivity contribution in [1.29, 1.82) is 0 Å². The summed E-state index contributed by atoms with van der Waals surface area (Å²) in [6, 6.07) is 4.34. The van der Waals surface area contributed by atoms with E-state index in [4.69, 9.17) is 4.42 Å². The number of carbonyl (C=O) groups excluding carboxylic acids is 1. The second-order valence-corrected chi connectivity index (χ2v) is 3.86. The second kappa shape index (κ2) is 4.44. The Morgan fingerprint density at radius 3 is 2.94 bits per heavy atom. The van der Waals surface area contributed by atoms with Crippen LogP contribution in [0.4, 0.5) is 10.1 Å². The summed E-state index contributed by atoms with van der Waals surface area (Å²) in [6.45, 7) is 0. The van der Waals surface area contributed by atoms with Crippen molar-refractivity contribution in [2.24, 2.45) is 0 Å². The number of aromatic nitrogens is 1. The number of carbonyl (C=O) groups is 1. The minimum absolute atomic E-state index is 0.0299. The van der Waals surface area contributed by atoms with Crippen molar-refractivity contribution in [3.63, 3.8) is 0 Å². The van der Waals surface area contributed by atoms with Crippen molar-refractivity contribution in [3.05, 3.63) is 46.8 Å². The van der Waals surface area contributed by atoms with Crippen LogP contribution in [0, 0.1) is 5.82 Å². The van der Waals surface area contributed by atoms with Gasteiger partial charge < -0.3 is 9.73 Å². The van der Waals surface area contributed by atoms with Crippen LogP contribution < -0.4 is 5.32 Å². The van der Waals surface area contributed by atoms with Gasteiger partial charge in [-0.1, -0.05) is 15.9 Å². The lowest BCUT2D eigenvalue weighted by Crippen LogP contribution is -2.12. The molecule has 1 N–H and O–H groups in total. The third kappa shape index (κ3) is 2.27. The van der Waals surface area contributed by atoms with Crippen molar-refractivity contribution < 1.29 is 13.6 Å². The number of oxazole rings is 1. The van der Waals surface area contributed by atoms with Crippen molar-refractivity contribution in [2.45, 2.75) is 0 Å². The first-order valence-electron chi connectivity index (χ1n) is 4.32. The third-order valence-corrected chi connectivity index (χ3v) is 2.33. The summed E-state index contributed by atoms with van der Waals surface area (Å²) in [4.78, 5) is 15.1. The molecular formula is C10H6BrFN2O2. The molecule has 0 aliphatic rings. The molecule has 1 aromatic carbocycles. The monoisotopic (exact) mass is 284 g/mol. The number of amides is 1. The van der Waals surface area contributed by atoms with Crippen molar-refractivity contribution in [3.8, 4) is 0 Å². The first-order chi connectivity index (χ1) is 7.66. The van der Waals surface area contributed by atoms with E-state index >= 15 is 0 Å². The number of benzene rings is 1. The first-order valence-corrected chi connectivity index (χ1v) is 5.11. The van der Waals surface area contributed by atoms with E-state index in [2.05, 4.69) is 26.2 Å². The summed E-state index contributed by atoms with van der Waals surface area (Å²) in [5.41, 5.74) is 0.0876. The summed E-state index contributed by atoms with van der Waals surface area (Å²) in [7, 11) is 0. The summed E-state index contributed by atoms with van der Waals surface area (Å²) in [6.07, 6.45) is 2.39. The fourth-order valence-electron chi connectivity index (χ4n) is 1.10. The maximum absolute atomic E-state index is 13.4. The van der Waals surface area contributed by atoms with Gasteiger partial charge in [-0.3, -0.25) is 4.79 Å². The van der Waals surface area contributed by atoms with Crippen LogP contribution in [0.5, 0.6) is 0 Å². The molecule has 0 aliphatic carbocycles. The van der Waals surface area contributed by atoms with Gasteiger partial charge in [-0.05, 0) is 18.2 Å². The van der Waals surface area contributed by atoms with E-state index in [-0.39, 0.29) is 11.4 Å². The molecule has 0 bridgehead atoms. The molecule has 0 saturated heterocycles. The summed E-state index contributed by atoms with van der Waals surface area (Å²) < 4.78 is 18.7. The molecule has 0 unspecified atom stereocenters. The lowest BCUT2D eigenvalue weighted by molar-refractivity contribution is 0.0996. The third-order valence-electron chi connectivity index (χ3n) is 1.84. The average Bonchev–Trinajstić information content (AvgIpc) is 2.75. The Morgan fingerprint density at radius 1 is 1.50 bits per heavy atom. The fraction of sp³-hybridized carbons (Fsp3) is 0. The van der Waals surface area contributed by atoms with Crippen LogP contribution in [-0.2, 0) is 0 Å². The molecule has 6 heteroatoms. The molecule has 16 heavy (non-hydrogen) atoms. The normalized spacial score (nSPS) is 10.1. The number of nitrogens with zero attached hydrogens (tertiary/aromatic N) is 1. The van der Waals surface area contributed by atoms with Crippen molar-refractivity contribution in [1.82, 2.24) is 4.98 Å². The molecule has 1 heterocycles. The van der Waals surface area contributed by atoms with E-state index in [0.29, 0.717) is 4.47 Å². The molecule has 0 aliphatic heterocycles. The lowest BCUT2D eigenvalue weighted by atomic mass is 10.3. The summed E-state index contributed by atoms with van der Waals surface area (Å²) >= 11 is 3.12. The van der Waals surface area contributed by atoms with E-state index in [9.17, 15) is 9.18 Å². The highest BCUT2D eigenvalue weighted by Crippen LogP contribution is 2.19. The Labute approximate surface area is 98.6 Å². The SMILES string of the molecule is O=C(Nc1ccc(Br)cc1F)c1cnco1. The van der Waals surface area contributed by atoms with Gasteiger partial charge in [-0.2, -0.15) is 0 Å². The summed E-state index contributed by atoms with van der Waals surface area (Å²) in [5.74, 6) is -1.04. The van der Waals surface area contributed by atoms with Crippen LogP contribution in [0.2, 0.25) is 0 Å².